The van der Waals surface area contributed by atoms with Gasteiger partial charge in [-0.3, -0.25) is 9.79 Å². The number of hydrogen-bond acceptors (Lipinski definition) is 3. The van der Waals surface area contributed by atoms with Crippen LogP contribution in [0.5, 0.6) is 0 Å². The summed E-state index contributed by atoms with van der Waals surface area (Å²) in [5.41, 5.74) is 7.48. The van der Waals surface area contributed by atoms with Crippen LogP contribution in [0.1, 0.15) is 131 Å². The first-order chi connectivity index (χ1) is 22.0. The quantitative estimate of drug-likeness (QED) is 0.138. The molecule has 1 aliphatic carbocycles. The van der Waals surface area contributed by atoms with E-state index < -0.39 is 11.2 Å². The lowest BCUT2D eigenvalue weighted by molar-refractivity contribution is -0.124. The van der Waals surface area contributed by atoms with E-state index in [4.69, 9.17) is 4.99 Å². The highest BCUT2D eigenvalue weighted by Crippen LogP contribution is 2.52. The molecule has 46 heavy (non-hydrogen) atoms. The van der Waals surface area contributed by atoms with E-state index in [0.717, 1.165) is 90.7 Å². The molecular formula is C41H58FN3O. The van der Waals surface area contributed by atoms with Crippen LogP contribution in [0, 0.1) is 5.92 Å². The molecule has 1 amide bonds. The average molecular weight is 628 g/mol. The molecule has 1 N–H and O–H groups in total. The van der Waals surface area contributed by atoms with Gasteiger partial charge in [0.1, 0.15) is 5.83 Å². The van der Waals surface area contributed by atoms with Crippen molar-refractivity contribution in [1.29, 1.82) is 0 Å². The van der Waals surface area contributed by atoms with Crippen molar-refractivity contribution in [2.45, 2.75) is 131 Å². The predicted octanol–water partition coefficient (Wildman–Crippen LogP) is 11.4. The first-order valence-electron chi connectivity index (χ1n) is 17.6. The van der Waals surface area contributed by atoms with Crippen LogP contribution in [0.25, 0.3) is 5.57 Å². The molecule has 1 saturated carbocycles. The second-order valence-electron chi connectivity index (χ2n) is 13.2. The summed E-state index contributed by atoms with van der Waals surface area (Å²) in [6, 6.07) is 6.77. The molecule has 1 heterocycles. The van der Waals surface area contributed by atoms with Crippen molar-refractivity contribution in [2.24, 2.45) is 10.9 Å². The molecule has 1 aliphatic heterocycles. The van der Waals surface area contributed by atoms with Crippen LogP contribution in [-0.4, -0.2) is 18.2 Å². The van der Waals surface area contributed by atoms with Crippen molar-refractivity contribution >= 4 is 23.4 Å². The van der Waals surface area contributed by atoms with Crippen LogP contribution in [0.3, 0.4) is 0 Å². The summed E-state index contributed by atoms with van der Waals surface area (Å²) in [5, 5.41) is 3.27. The summed E-state index contributed by atoms with van der Waals surface area (Å²) >= 11 is 0. The topological polar surface area (TPSA) is 44.7 Å². The minimum atomic E-state index is -0.445. The molecule has 5 heteroatoms. The first kappa shape index (κ1) is 37.0. The van der Waals surface area contributed by atoms with Crippen LogP contribution in [0.4, 0.5) is 10.1 Å². The van der Waals surface area contributed by atoms with E-state index in [1.165, 1.54) is 24.5 Å². The Hall–Kier alpha value is -3.47. The van der Waals surface area contributed by atoms with Crippen LogP contribution < -0.4 is 10.2 Å². The number of aliphatic imine (C=N–C) groups is 1. The molecule has 1 aromatic rings. The standard InChI is InChI=1S/C41H58FN3O/c1-11-17-32-25-34(26-32)45-39-27-33(18-19-35(39)41(20-12-2,21-13-3)40(45)46)29(8)24-37(43-22-14-4)30(9)31(10)44-38(36(42)16-6)23-28(7)15-5/h16,18-19,22-24,27,32,34,44H,6,8,11-15,17,20-21,25-26H2,1-5,7,9-10H3/b28-23+,31-30+,37-24+,38-36-,43-22?. The van der Waals surface area contributed by atoms with Gasteiger partial charge < -0.3 is 10.2 Å². The highest BCUT2D eigenvalue weighted by atomic mass is 19.1. The lowest BCUT2D eigenvalue weighted by Gasteiger charge is -2.42. The Balaban J connectivity index is 2.07. The second kappa shape index (κ2) is 16.9. The summed E-state index contributed by atoms with van der Waals surface area (Å²) in [7, 11) is 0. The van der Waals surface area contributed by atoms with Crippen LogP contribution in [0.2, 0.25) is 0 Å². The SMILES string of the molecule is C=C/C(F)=C(\C=C(/C)CC)N/C(C)=C(C)/C(=C\C(=C)c1ccc2c(c1)N(C1CC(CCC)C1)C(=O)C2(CCC)CCC)N=CCC. The molecule has 2 aliphatic rings. The van der Waals surface area contributed by atoms with Gasteiger partial charge in [0.15, 0.2) is 0 Å². The van der Waals surface area contributed by atoms with Crippen molar-refractivity contribution in [3.8, 4) is 0 Å². The van der Waals surface area contributed by atoms with E-state index in [2.05, 4.69) is 69.3 Å². The number of allylic oxidation sites excluding steroid dienone is 8. The Morgan fingerprint density at radius 3 is 2.30 bits per heavy atom. The third kappa shape index (κ3) is 8.08. The lowest BCUT2D eigenvalue weighted by Crippen LogP contribution is -2.50. The van der Waals surface area contributed by atoms with Crippen molar-refractivity contribution in [2.75, 3.05) is 4.90 Å². The summed E-state index contributed by atoms with van der Waals surface area (Å²) < 4.78 is 14.8. The number of carbonyl (C=O) groups excluding carboxylic acids is 1. The first-order valence-corrected chi connectivity index (χ1v) is 17.6. The van der Waals surface area contributed by atoms with E-state index >= 15 is 0 Å². The Bertz CT molecular complexity index is 1430. The number of halogens is 1. The Kier molecular flexibility index (Phi) is 13.6. The molecule has 3 rings (SSSR count). The van der Waals surface area contributed by atoms with Gasteiger partial charge in [0, 0.05) is 23.6 Å². The molecule has 0 bridgehead atoms. The van der Waals surface area contributed by atoms with Gasteiger partial charge in [0.2, 0.25) is 5.91 Å². The maximum absolute atomic E-state index is 14.8. The number of rotatable bonds is 17. The average Bonchev–Trinajstić information content (AvgIpc) is 3.25. The molecular weight excluding hydrogens is 569 g/mol. The van der Waals surface area contributed by atoms with Crippen molar-refractivity contribution in [3.63, 3.8) is 0 Å². The largest absolute Gasteiger partial charge is 0.356 e. The maximum Gasteiger partial charge on any atom is 0.237 e. The fourth-order valence-electron chi connectivity index (χ4n) is 6.96. The summed E-state index contributed by atoms with van der Waals surface area (Å²) in [5.74, 6) is 0.599. The smallest absolute Gasteiger partial charge is 0.237 e. The van der Waals surface area contributed by atoms with E-state index in [-0.39, 0.29) is 6.04 Å². The minimum Gasteiger partial charge on any atom is -0.356 e. The molecule has 0 spiro atoms. The Morgan fingerprint density at radius 2 is 1.74 bits per heavy atom. The molecule has 0 saturated heterocycles. The summed E-state index contributed by atoms with van der Waals surface area (Å²) in [6.45, 7) is 24.7. The maximum atomic E-state index is 14.8. The van der Waals surface area contributed by atoms with E-state index in [1.54, 1.807) is 0 Å². The minimum absolute atomic E-state index is 0.268. The number of nitrogens with zero attached hydrogens (tertiary/aromatic N) is 2. The van der Waals surface area contributed by atoms with Gasteiger partial charge in [-0.1, -0.05) is 91.2 Å². The normalized spacial score (nSPS) is 20.7. The van der Waals surface area contributed by atoms with Crippen LogP contribution in [-0.2, 0) is 10.2 Å². The second-order valence-corrected chi connectivity index (χ2v) is 13.2. The molecule has 1 fully saturated rings. The van der Waals surface area contributed by atoms with Gasteiger partial charge in [0.05, 0.1) is 16.8 Å². The highest BCUT2D eigenvalue weighted by Gasteiger charge is 2.53. The summed E-state index contributed by atoms with van der Waals surface area (Å²) in [4.78, 5) is 21.3. The third-order valence-corrected chi connectivity index (χ3v) is 9.78. The number of nitrogens with one attached hydrogen (secondary N) is 1. The molecule has 0 radical (unpaired) electrons. The van der Waals surface area contributed by atoms with Gasteiger partial charge in [-0.05, 0) is 112 Å². The number of anilines is 1. The number of hydrogen-bond donors (Lipinski definition) is 1. The van der Waals surface area contributed by atoms with E-state index in [0.29, 0.717) is 17.5 Å². The molecule has 4 nitrogen and oxygen atoms in total. The molecule has 1 aromatic carbocycles. The fourth-order valence-corrected chi connectivity index (χ4v) is 6.96. The number of fused-ring (bicyclic) bond motifs is 1. The van der Waals surface area contributed by atoms with Gasteiger partial charge >= 0.3 is 0 Å². The van der Waals surface area contributed by atoms with Gasteiger partial charge in [-0.25, -0.2) is 4.39 Å². The van der Waals surface area contributed by atoms with E-state index in [9.17, 15) is 9.18 Å². The van der Waals surface area contributed by atoms with Gasteiger partial charge in [-0.15, -0.1) is 0 Å². The van der Waals surface area contributed by atoms with Crippen molar-refractivity contribution in [3.05, 3.63) is 94.8 Å². The molecule has 0 unspecified atom stereocenters. The lowest BCUT2D eigenvalue weighted by atomic mass is 9.73. The predicted molar refractivity (Wildman–Crippen MR) is 197 cm³/mol. The van der Waals surface area contributed by atoms with Crippen molar-refractivity contribution < 1.29 is 9.18 Å². The molecule has 0 atom stereocenters. The van der Waals surface area contributed by atoms with Crippen LogP contribution in [0.15, 0.2) is 88.6 Å². The highest BCUT2D eigenvalue weighted by molar-refractivity contribution is 6.09. The molecule has 250 valence electrons. The van der Waals surface area contributed by atoms with E-state index in [1.807, 2.05) is 46.1 Å². The summed E-state index contributed by atoms with van der Waals surface area (Å²) in [6.07, 6.45) is 16.8. The monoisotopic (exact) mass is 627 g/mol. The Morgan fingerprint density at radius 1 is 1.07 bits per heavy atom. The Labute approximate surface area is 279 Å². The van der Waals surface area contributed by atoms with Crippen molar-refractivity contribution in [1.82, 2.24) is 5.32 Å². The zero-order valence-corrected chi connectivity index (χ0v) is 29.9. The third-order valence-electron chi connectivity index (χ3n) is 9.78. The van der Waals surface area contributed by atoms with Gasteiger partial charge in [-0.2, -0.15) is 0 Å². The fraction of sp³-hybridized carbons (Fsp3) is 0.512. The zero-order chi connectivity index (χ0) is 34.0. The number of amides is 1. The molecule has 0 aromatic heterocycles. The van der Waals surface area contributed by atoms with Crippen LogP contribution >= 0.6 is 0 Å². The van der Waals surface area contributed by atoms with Gasteiger partial charge in [0.25, 0.3) is 0 Å². The number of benzene rings is 1. The zero-order valence-electron chi connectivity index (χ0n) is 29.9. The number of carbonyl (C=O) groups is 1.